The smallest absolute Gasteiger partial charge is 0.0702 e. The van der Waals surface area contributed by atoms with Crippen LogP contribution >= 0.6 is 11.3 Å². The first-order chi connectivity index (χ1) is 32.2. The molecular formula is C61H45N3S. The molecule has 0 saturated heterocycles. The van der Waals surface area contributed by atoms with Crippen LogP contribution in [0.2, 0.25) is 0 Å². The fourth-order valence-corrected chi connectivity index (χ4v) is 10.3. The van der Waals surface area contributed by atoms with E-state index in [2.05, 4.69) is 186 Å². The molecule has 0 fully saturated rings. The fraction of sp³-hybridized carbons (Fsp3) is 0.0656. The van der Waals surface area contributed by atoms with Gasteiger partial charge in [-0.2, -0.15) is 0 Å². The van der Waals surface area contributed by atoms with E-state index in [1.807, 2.05) is 60.3 Å². The second-order valence-corrected chi connectivity index (χ2v) is 17.8. The van der Waals surface area contributed by atoms with E-state index >= 15 is 0 Å². The summed E-state index contributed by atoms with van der Waals surface area (Å²) in [4.78, 5) is 13.9. The van der Waals surface area contributed by atoms with Crippen LogP contribution in [-0.4, -0.2) is 15.0 Å². The van der Waals surface area contributed by atoms with Gasteiger partial charge in [-0.15, -0.1) is 11.3 Å². The molecule has 7 aromatic carbocycles. The molecule has 310 valence electrons. The normalized spacial score (nSPS) is 11.3. The fourth-order valence-electron chi connectivity index (χ4n) is 9.11. The third-order valence-electron chi connectivity index (χ3n) is 12.5. The third-order valence-corrected chi connectivity index (χ3v) is 13.6. The number of aromatic nitrogens is 3. The SMILES string of the molecule is c1ccc(-c2ccc(CCc3cc(CCc4ccc(-c5ccccn5)cc4)cc(-c4ccccc4-c4ccc(-c5ccccn5)cc4-c4ccc5c(c4)sc4ccccc45)c3)cc2)nc1. The number of pyridine rings is 3. The van der Waals surface area contributed by atoms with Gasteiger partial charge in [0, 0.05) is 55.5 Å². The average Bonchev–Trinajstić information content (AvgIpc) is 3.76. The third kappa shape index (κ3) is 8.65. The first-order valence-corrected chi connectivity index (χ1v) is 23.2. The van der Waals surface area contributed by atoms with Crippen molar-refractivity contribution in [1.29, 1.82) is 0 Å². The molecule has 0 aliphatic rings. The van der Waals surface area contributed by atoms with Crippen LogP contribution in [0.1, 0.15) is 22.3 Å². The van der Waals surface area contributed by atoms with Gasteiger partial charge in [-0.05, 0) is 136 Å². The van der Waals surface area contributed by atoms with E-state index in [4.69, 9.17) is 4.98 Å². The lowest BCUT2D eigenvalue weighted by Crippen LogP contribution is -1.98. The van der Waals surface area contributed by atoms with E-state index in [0.29, 0.717) is 0 Å². The molecule has 65 heavy (non-hydrogen) atoms. The molecule has 4 heterocycles. The van der Waals surface area contributed by atoms with E-state index in [1.165, 1.54) is 75.8 Å². The Hall–Kier alpha value is -7.79. The quantitative estimate of drug-likeness (QED) is 0.123. The largest absolute Gasteiger partial charge is 0.256 e. The molecule has 0 aliphatic heterocycles. The number of hydrogen-bond donors (Lipinski definition) is 0. The van der Waals surface area contributed by atoms with E-state index < -0.39 is 0 Å². The molecule has 0 N–H and O–H groups in total. The molecule has 11 rings (SSSR count). The molecule has 0 aliphatic carbocycles. The summed E-state index contributed by atoms with van der Waals surface area (Å²) in [5.74, 6) is 0. The molecule has 0 bridgehead atoms. The minimum absolute atomic E-state index is 0.934. The average molecular weight is 852 g/mol. The number of thiophene rings is 1. The highest BCUT2D eigenvalue weighted by molar-refractivity contribution is 7.25. The highest BCUT2D eigenvalue weighted by Gasteiger charge is 2.17. The van der Waals surface area contributed by atoms with Crippen LogP contribution < -0.4 is 0 Å². The van der Waals surface area contributed by atoms with Gasteiger partial charge in [0.15, 0.2) is 0 Å². The summed E-state index contributed by atoms with van der Waals surface area (Å²) in [6.45, 7) is 0. The summed E-state index contributed by atoms with van der Waals surface area (Å²) in [6.07, 6.45) is 9.34. The van der Waals surface area contributed by atoms with Crippen molar-refractivity contribution in [2.24, 2.45) is 0 Å². The molecule has 0 spiro atoms. The van der Waals surface area contributed by atoms with Crippen molar-refractivity contribution >= 4 is 31.5 Å². The predicted molar refractivity (Wildman–Crippen MR) is 273 cm³/mol. The van der Waals surface area contributed by atoms with Crippen LogP contribution in [-0.2, 0) is 25.7 Å². The molecule has 0 amide bonds. The molecule has 0 unspecified atom stereocenters. The Labute approximate surface area is 384 Å². The van der Waals surface area contributed by atoms with Crippen LogP contribution in [0.3, 0.4) is 0 Å². The maximum absolute atomic E-state index is 4.76. The Balaban J connectivity index is 0.974. The number of benzene rings is 7. The minimum Gasteiger partial charge on any atom is -0.256 e. The Morgan fingerprint density at radius 3 is 1.35 bits per heavy atom. The van der Waals surface area contributed by atoms with Crippen LogP contribution in [0.15, 0.2) is 225 Å². The zero-order chi connectivity index (χ0) is 43.4. The molecular weight excluding hydrogens is 807 g/mol. The van der Waals surface area contributed by atoms with Crippen molar-refractivity contribution in [2.45, 2.75) is 25.7 Å². The monoisotopic (exact) mass is 851 g/mol. The number of aryl methyl sites for hydroxylation is 4. The minimum atomic E-state index is 0.934. The summed E-state index contributed by atoms with van der Waals surface area (Å²) in [5, 5.41) is 2.61. The standard InChI is InChI=1S/C61H45N3S/c1-2-12-52(53-32-31-49(59-16-7-10-36-64-59)40-56(53)48-30-33-55-54-13-3-4-17-60(54)65-61(55)41-48)51(11-1)50-38-44(20-18-42-22-26-46(27-23-42)57-14-5-8-34-62-57)37-45(39-50)21-19-43-24-28-47(29-25-43)58-15-6-9-35-63-58/h1-17,22-41H,18-21H2. The second kappa shape index (κ2) is 18.1. The Bertz CT molecular complexity index is 3290. The van der Waals surface area contributed by atoms with Gasteiger partial charge >= 0.3 is 0 Å². The Morgan fingerprint density at radius 2 is 0.754 bits per heavy atom. The van der Waals surface area contributed by atoms with Crippen molar-refractivity contribution in [3.8, 4) is 67.2 Å². The summed E-state index contributed by atoms with van der Waals surface area (Å²) in [5.41, 5.74) is 18.9. The van der Waals surface area contributed by atoms with Crippen molar-refractivity contribution in [3.63, 3.8) is 0 Å². The molecule has 4 heteroatoms. The molecule has 4 aromatic heterocycles. The second-order valence-electron chi connectivity index (χ2n) is 16.7. The lowest BCUT2D eigenvalue weighted by atomic mass is 9.86. The topological polar surface area (TPSA) is 38.7 Å². The van der Waals surface area contributed by atoms with Gasteiger partial charge in [-0.1, -0.05) is 152 Å². The van der Waals surface area contributed by atoms with Crippen LogP contribution in [0, 0.1) is 0 Å². The summed E-state index contributed by atoms with van der Waals surface area (Å²) in [7, 11) is 0. The molecule has 3 nitrogen and oxygen atoms in total. The molecule has 0 atom stereocenters. The van der Waals surface area contributed by atoms with Crippen LogP contribution in [0.25, 0.3) is 87.3 Å². The molecule has 0 radical (unpaired) electrons. The van der Waals surface area contributed by atoms with Gasteiger partial charge in [0.1, 0.15) is 0 Å². The zero-order valence-corrected chi connectivity index (χ0v) is 36.8. The van der Waals surface area contributed by atoms with Gasteiger partial charge < -0.3 is 0 Å². The first-order valence-electron chi connectivity index (χ1n) is 22.4. The Kier molecular flexibility index (Phi) is 11.2. The van der Waals surface area contributed by atoms with E-state index in [-0.39, 0.29) is 0 Å². The lowest BCUT2D eigenvalue weighted by Gasteiger charge is -2.18. The first kappa shape index (κ1) is 40.0. The summed E-state index contributed by atoms with van der Waals surface area (Å²) < 4.78 is 2.60. The number of rotatable bonds is 12. The van der Waals surface area contributed by atoms with E-state index in [0.717, 1.165) is 59.5 Å². The van der Waals surface area contributed by atoms with Crippen molar-refractivity contribution < 1.29 is 0 Å². The van der Waals surface area contributed by atoms with Crippen molar-refractivity contribution in [1.82, 2.24) is 15.0 Å². The zero-order valence-electron chi connectivity index (χ0n) is 35.9. The highest BCUT2D eigenvalue weighted by Crippen LogP contribution is 2.43. The Morgan fingerprint density at radius 1 is 0.277 bits per heavy atom. The van der Waals surface area contributed by atoms with Gasteiger partial charge in [-0.3, -0.25) is 15.0 Å². The maximum atomic E-state index is 4.76. The predicted octanol–water partition coefficient (Wildman–Crippen LogP) is 15.8. The van der Waals surface area contributed by atoms with Crippen LogP contribution in [0.4, 0.5) is 0 Å². The van der Waals surface area contributed by atoms with Gasteiger partial charge in [0.25, 0.3) is 0 Å². The highest BCUT2D eigenvalue weighted by atomic mass is 32.1. The van der Waals surface area contributed by atoms with Crippen molar-refractivity contribution in [2.75, 3.05) is 0 Å². The number of hydrogen-bond acceptors (Lipinski definition) is 4. The van der Waals surface area contributed by atoms with E-state index in [9.17, 15) is 0 Å². The molecule has 0 saturated carbocycles. The van der Waals surface area contributed by atoms with Crippen LogP contribution in [0.5, 0.6) is 0 Å². The summed E-state index contributed by atoms with van der Waals surface area (Å²) in [6, 6.07) is 74.9. The van der Waals surface area contributed by atoms with Gasteiger partial charge in [-0.25, -0.2) is 0 Å². The van der Waals surface area contributed by atoms with Crippen molar-refractivity contribution in [3.05, 3.63) is 247 Å². The van der Waals surface area contributed by atoms with Gasteiger partial charge in [0.2, 0.25) is 0 Å². The van der Waals surface area contributed by atoms with E-state index in [1.54, 1.807) is 0 Å². The number of nitrogens with zero attached hydrogens (tertiary/aromatic N) is 3. The summed E-state index contributed by atoms with van der Waals surface area (Å²) >= 11 is 1.86. The maximum Gasteiger partial charge on any atom is 0.0702 e. The molecule has 11 aromatic rings. The lowest BCUT2D eigenvalue weighted by molar-refractivity contribution is 0.931. The number of fused-ring (bicyclic) bond motifs is 3. The van der Waals surface area contributed by atoms with Gasteiger partial charge in [0.05, 0.1) is 17.1 Å².